The first-order chi connectivity index (χ1) is 9.67. The molecule has 0 aliphatic carbocycles. The average molecular weight is 295 g/mol. The molecule has 21 heavy (non-hydrogen) atoms. The van der Waals surface area contributed by atoms with Gasteiger partial charge in [-0.05, 0) is 29.5 Å². The third kappa shape index (κ3) is 6.88. The summed E-state index contributed by atoms with van der Waals surface area (Å²) in [6.45, 7) is 5.99. The van der Waals surface area contributed by atoms with E-state index in [0.29, 0.717) is 12.0 Å². The fourth-order valence-electron chi connectivity index (χ4n) is 2.07. The lowest BCUT2D eigenvalue weighted by Gasteiger charge is -2.23. The molecule has 1 rings (SSSR count). The van der Waals surface area contributed by atoms with Gasteiger partial charge in [0.1, 0.15) is 5.82 Å². The zero-order valence-electron chi connectivity index (χ0n) is 12.6. The van der Waals surface area contributed by atoms with Crippen LogP contribution in [0.4, 0.5) is 4.39 Å². The van der Waals surface area contributed by atoms with E-state index >= 15 is 0 Å². The summed E-state index contributed by atoms with van der Waals surface area (Å²) in [5.41, 5.74) is 0.571. The van der Waals surface area contributed by atoms with Crippen molar-refractivity contribution in [1.82, 2.24) is 5.32 Å². The van der Waals surface area contributed by atoms with Gasteiger partial charge < -0.3 is 10.4 Å². The second-order valence-electron chi connectivity index (χ2n) is 6.41. The lowest BCUT2D eigenvalue weighted by Crippen LogP contribution is -2.35. The standard InChI is InChI=1S/C16H22FNO3/c1-16(2,3)9-12(15(20)21)10-18-14(19)8-11-4-6-13(17)7-5-11/h4-7,12H,8-10H2,1-3H3,(H,18,19)(H,20,21). The van der Waals surface area contributed by atoms with Gasteiger partial charge in [0, 0.05) is 6.54 Å². The van der Waals surface area contributed by atoms with Gasteiger partial charge in [-0.25, -0.2) is 4.39 Å². The monoisotopic (exact) mass is 295 g/mol. The fraction of sp³-hybridized carbons (Fsp3) is 0.500. The van der Waals surface area contributed by atoms with E-state index in [1.54, 1.807) is 12.1 Å². The maximum absolute atomic E-state index is 12.8. The Kier molecular flexibility index (Phi) is 5.88. The SMILES string of the molecule is CC(C)(C)CC(CNC(=O)Cc1ccc(F)cc1)C(=O)O. The summed E-state index contributed by atoms with van der Waals surface area (Å²) in [5.74, 6) is -2.13. The number of hydrogen-bond acceptors (Lipinski definition) is 2. The first kappa shape index (κ1) is 17.1. The predicted octanol–water partition coefficient (Wildman–Crippen LogP) is 2.62. The van der Waals surface area contributed by atoms with E-state index in [-0.39, 0.29) is 30.1 Å². The van der Waals surface area contributed by atoms with Gasteiger partial charge in [-0.2, -0.15) is 0 Å². The molecule has 0 spiro atoms. The average Bonchev–Trinajstić information content (AvgIpc) is 2.35. The molecular weight excluding hydrogens is 273 g/mol. The minimum atomic E-state index is -0.910. The highest BCUT2D eigenvalue weighted by Gasteiger charge is 2.24. The van der Waals surface area contributed by atoms with E-state index in [9.17, 15) is 19.1 Å². The van der Waals surface area contributed by atoms with E-state index in [2.05, 4.69) is 5.32 Å². The Hall–Kier alpha value is -1.91. The van der Waals surface area contributed by atoms with Crippen LogP contribution in [0.25, 0.3) is 0 Å². The third-order valence-electron chi connectivity index (χ3n) is 3.03. The second kappa shape index (κ2) is 7.20. The molecular formula is C16H22FNO3. The molecule has 116 valence electrons. The Labute approximate surface area is 124 Å². The Morgan fingerprint density at radius 2 is 1.81 bits per heavy atom. The molecule has 0 aromatic heterocycles. The van der Waals surface area contributed by atoms with Gasteiger partial charge in [0.25, 0.3) is 0 Å². The van der Waals surface area contributed by atoms with Gasteiger partial charge in [-0.3, -0.25) is 9.59 Å². The van der Waals surface area contributed by atoms with Crippen LogP contribution in [0.1, 0.15) is 32.8 Å². The molecule has 0 aliphatic rings. The van der Waals surface area contributed by atoms with Crippen LogP contribution < -0.4 is 5.32 Å². The van der Waals surface area contributed by atoms with Gasteiger partial charge >= 0.3 is 5.97 Å². The summed E-state index contributed by atoms with van der Waals surface area (Å²) in [4.78, 5) is 23.0. The number of aliphatic carboxylic acids is 1. The number of amides is 1. The molecule has 1 unspecified atom stereocenters. The lowest BCUT2D eigenvalue weighted by atomic mass is 9.84. The molecule has 5 heteroatoms. The van der Waals surface area contributed by atoms with Crippen LogP contribution in [-0.4, -0.2) is 23.5 Å². The summed E-state index contributed by atoms with van der Waals surface area (Å²) in [7, 11) is 0. The van der Waals surface area contributed by atoms with Crippen LogP contribution >= 0.6 is 0 Å². The molecule has 1 amide bonds. The molecule has 1 aromatic carbocycles. The van der Waals surface area contributed by atoms with Crippen LogP contribution in [0.15, 0.2) is 24.3 Å². The number of benzene rings is 1. The minimum absolute atomic E-state index is 0.104. The topological polar surface area (TPSA) is 66.4 Å². The highest BCUT2D eigenvalue weighted by atomic mass is 19.1. The zero-order valence-corrected chi connectivity index (χ0v) is 12.6. The van der Waals surface area contributed by atoms with Crippen molar-refractivity contribution in [3.63, 3.8) is 0 Å². The maximum atomic E-state index is 12.8. The smallest absolute Gasteiger partial charge is 0.308 e. The summed E-state index contributed by atoms with van der Waals surface area (Å²) >= 11 is 0. The van der Waals surface area contributed by atoms with Gasteiger partial charge in [-0.15, -0.1) is 0 Å². The summed E-state index contributed by atoms with van der Waals surface area (Å²) < 4.78 is 12.8. The number of halogens is 1. The van der Waals surface area contributed by atoms with Crippen LogP contribution in [0.2, 0.25) is 0 Å². The number of hydrogen-bond donors (Lipinski definition) is 2. The fourth-order valence-corrected chi connectivity index (χ4v) is 2.07. The first-order valence-corrected chi connectivity index (χ1v) is 6.91. The van der Waals surface area contributed by atoms with E-state index in [4.69, 9.17) is 0 Å². The highest BCUT2D eigenvalue weighted by Crippen LogP contribution is 2.24. The predicted molar refractivity (Wildman–Crippen MR) is 78.3 cm³/mol. The molecule has 0 saturated heterocycles. The number of rotatable bonds is 6. The molecule has 0 bridgehead atoms. The van der Waals surface area contributed by atoms with E-state index < -0.39 is 11.9 Å². The number of nitrogens with one attached hydrogen (secondary N) is 1. The Morgan fingerprint density at radius 1 is 1.24 bits per heavy atom. The number of carbonyl (C=O) groups excluding carboxylic acids is 1. The highest BCUT2D eigenvalue weighted by molar-refractivity contribution is 5.79. The van der Waals surface area contributed by atoms with E-state index in [0.717, 1.165) is 0 Å². The molecule has 0 saturated carbocycles. The summed E-state index contributed by atoms with van der Waals surface area (Å²) in [5, 5.41) is 11.8. The normalized spacial score (nSPS) is 12.8. The van der Waals surface area contributed by atoms with Crippen molar-refractivity contribution in [3.8, 4) is 0 Å². The van der Waals surface area contributed by atoms with Gasteiger partial charge in [0.2, 0.25) is 5.91 Å². The maximum Gasteiger partial charge on any atom is 0.308 e. The van der Waals surface area contributed by atoms with Crippen LogP contribution in [0, 0.1) is 17.2 Å². The Bertz CT molecular complexity index is 491. The molecule has 4 nitrogen and oxygen atoms in total. The molecule has 0 fully saturated rings. The molecule has 2 N–H and O–H groups in total. The quantitative estimate of drug-likeness (QED) is 0.848. The van der Waals surface area contributed by atoms with Crippen LogP contribution in [0.5, 0.6) is 0 Å². The second-order valence-corrected chi connectivity index (χ2v) is 6.41. The number of carboxylic acid groups (broad SMARTS) is 1. The lowest BCUT2D eigenvalue weighted by molar-refractivity contribution is -0.142. The summed E-state index contributed by atoms with van der Waals surface area (Å²) in [6, 6.07) is 5.67. The third-order valence-corrected chi connectivity index (χ3v) is 3.03. The van der Waals surface area contributed by atoms with Crippen molar-refractivity contribution in [2.75, 3.05) is 6.54 Å². The number of carboxylic acids is 1. The van der Waals surface area contributed by atoms with E-state index in [1.807, 2.05) is 20.8 Å². The van der Waals surface area contributed by atoms with Gasteiger partial charge in [-0.1, -0.05) is 32.9 Å². The van der Waals surface area contributed by atoms with Gasteiger partial charge in [0.15, 0.2) is 0 Å². The van der Waals surface area contributed by atoms with Crippen LogP contribution in [-0.2, 0) is 16.0 Å². The Morgan fingerprint density at radius 3 is 2.29 bits per heavy atom. The molecule has 0 aliphatic heterocycles. The van der Waals surface area contributed by atoms with E-state index in [1.165, 1.54) is 12.1 Å². The molecule has 1 atom stereocenters. The van der Waals surface area contributed by atoms with Crippen molar-refractivity contribution in [1.29, 1.82) is 0 Å². The van der Waals surface area contributed by atoms with Crippen molar-refractivity contribution in [3.05, 3.63) is 35.6 Å². The van der Waals surface area contributed by atoms with Gasteiger partial charge in [0.05, 0.1) is 12.3 Å². The minimum Gasteiger partial charge on any atom is -0.481 e. The number of carbonyl (C=O) groups is 2. The van der Waals surface area contributed by atoms with Crippen molar-refractivity contribution < 1.29 is 19.1 Å². The van der Waals surface area contributed by atoms with Crippen molar-refractivity contribution >= 4 is 11.9 Å². The molecule has 1 aromatic rings. The molecule has 0 radical (unpaired) electrons. The Balaban J connectivity index is 2.50. The van der Waals surface area contributed by atoms with Crippen molar-refractivity contribution in [2.45, 2.75) is 33.6 Å². The van der Waals surface area contributed by atoms with Crippen LogP contribution in [0.3, 0.4) is 0 Å². The molecule has 0 heterocycles. The summed E-state index contributed by atoms with van der Waals surface area (Å²) in [6.07, 6.45) is 0.599. The van der Waals surface area contributed by atoms with Crippen molar-refractivity contribution in [2.24, 2.45) is 11.3 Å². The zero-order chi connectivity index (χ0) is 16.0. The first-order valence-electron chi connectivity index (χ1n) is 6.91. The largest absolute Gasteiger partial charge is 0.481 e.